The van der Waals surface area contributed by atoms with Gasteiger partial charge in [0, 0.05) is 49.0 Å². The van der Waals surface area contributed by atoms with Crippen molar-refractivity contribution in [2.45, 2.75) is 13.0 Å². The van der Waals surface area contributed by atoms with Crippen LogP contribution in [0.25, 0.3) is 10.9 Å². The number of rotatable bonds is 3. The van der Waals surface area contributed by atoms with Crippen molar-refractivity contribution in [3.63, 3.8) is 0 Å². The topological polar surface area (TPSA) is 86.4 Å². The molecule has 1 aliphatic heterocycles. The first kappa shape index (κ1) is 19.1. The number of hydrogen-bond acceptors (Lipinski definition) is 4. The number of benzene rings is 1. The maximum absolute atomic E-state index is 12.9. The quantitative estimate of drug-likeness (QED) is 0.408. The summed E-state index contributed by atoms with van der Waals surface area (Å²) >= 11 is 6.04. The summed E-state index contributed by atoms with van der Waals surface area (Å²) in [4.78, 5) is 48.5. The Morgan fingerprint density at radius 3 is 2.62 bits per heavy atom. The van der Waals surface area contributed by atoms with Crippen molar-refractivity contribution in [1.29, 1.82) is 0 Å². The first-order valence-corrected chi connectivity index (χ1v) is 9.66. The lowest BCUT2D eigenvalue weighted by atomic mass is 10.1. The Labute approximate surface area is 172 Å². The van der Waals surface area contributed by atoms with Crippen molar-refractivity contribution in [3.8, 4) is 0 Å². The number of aromatic amines is 1. The largest absolute Gasteiger partial charge is 0.358 e. The molecule has 0 saturated carbocycles. The van der Waals surface area contributed by atoms with Gasteiger partial charge in [-0.3, -0.25) is 14.4 Å². The van der Waals surface area contributed by atoms with Gasteiger partial charge in [0.2, 0.25) is 0 Å². The zero-order chi connectivity index (χ0) is 20.5. The molecule has 7 nitrogen and oxygen atoms in total. The van der Waals surface area contributed by atoms with E-state index in [9.17, 15) is 14.4 Å². The van der Waals surface area contributed by atoms with E-state index in [4.69, 9.17) is 11.6 Å². The van der Waals surface area contributed by atoms with Gasteiger partial charge in [0.15, 0.2) is 5.15 Å². The van der Waals surface area contributed by atoms with E-state index in [1.54, 1.807) is 23.1 Å². The van der Waals surface area contributed by atoms with Crippen LogP contribution in [0.1, 0.15) is 27.6 Å². The van der Waals surface area contributed by atoms with Gasteiger partial charge in [-0.2, -0.15) is 0 Å². The van der Waals surface area contributed by atoms with Crippen LogP contribution in [-0.4, -0.2) is 63.0 Å². The Kier molecular flexibility index (Phi) is 5.07. The number of hydrogen-bond donors (Lipinski definition) is 1. The highest BCUT2D eigenvalue weighted by Gasteiger charge is 2.34. The molecule has 29 heavy (non-hydrogen) atoms. The zero-order valence-electron chi connectivity index (χ0n) is 15.8. The van der Waals surface area contributed by atoms with Gasteiger partial charge in [-0.15, -0.1) is 0 Å². The third-order valence-corrected chi connectivity index (χ3v) is 5.48. The van der Waals surface area contributed by atoms with E-state index in [-0.39, 0.29) is 22.7 Å². The van der Waals surface area contributed by atoms with Gasteiger partial charge in [0.1, 0.15) is 0 Å². The first-order valence-electron chi connectivity index (χ1n) is 9.28. The molecule has 8 heteroatoms. The van der Waals surface area contributed by atoms with Crippen LogP contribution in [0.2, 0.25) is 5.15 Å². The van der Waals surface area contributed by atoms with Gasteiger partial charge < -0.3 is 14.8 Å². The monoisotopic (exact) mass is 410 g/mol. The summed E-state index contributed by atoms with van der Waals surface area (Å²) < 4.78 is 0. The summed E-state index contributed by atoms with van der Waals surface area (Å²) in [5.41, 5.74) is 1.40. The Balaban J connectivity index is 1.49. The molecular weight excluding hydrogens is 392 g/mol. The van der Waals surface area contributed by atoms with Crippen LogP contribution in [0.3, 0.4) is 0 Å². The van der Waals surface area contributed by atoms with Crippen molar-refractivity contribution in [2.75, 3.05) is 19.6 Å². The fourth-order valence-electron chi connectivity index (χ4n) is 3.66. The van der Waals surface area contributed by atoms with E-state index in [0.29, 0.717) is 36.1 Å². The van der Waals surface area contributed by atoms with Gasteiger partial charge in [-0.25, -0.2) is 4.98 Å². The second-order valence-electron chi connectivity index (χ2n) is 7.02. The molecule has 0 unspecified atom stereocenters. The molecule has 0 spiro atoms. The Hall–Kier alpha value is -3.19. The van der Waals surface area contributed by atoms with Crippen molar-refractivity contribution in [3.05, 3.63) is 65.1 Å². The summed E-state index contributed by atoms with van der Waals surface area (Å²) in [6.07, 6.45) is 2.98. The summed E-state index contributed by atoms with van der Waals surface area (Å²) in [6.45, 7) is 2.89. The van der Waals surface area contributed by atoms with E-state index in [1.807, 2.05) is 25.1 Å². The smallest absolute Gasteiger partial charge is 0.295 e. The molecule has 2 aromatic heterocycles. The fraction of sp³-hybridized carbons (Fsp3) is 0.238. The van der Waals surface area contributed by atoms with Crippen LogP contribution >= 0.6 is 11.6 Å². The minimum atomic E-state index is -0.604. The molecule has 4 rings (SSSR count). The first-order chi connectivity index (χ1) is 14.0. The van der Waals surface area contributed by atoms with E-state index < -0.39 is 11.7 Å². The molecule has 1 saturated heterocycles. The lowest BCUT2D eigenvalue weighted by Gasteiger charge is -2.39. The highest BCUT2D eigenvalue weighted by Crippen LogP contribution is 2.24. The van der Waals surface area contributed by atoms with Crippen LogP contribution in [0, 0.1) is 0 Å². The molecule has 3 heterocycles. The van der Waals surface area contributed by atoms with E-state index >= 15 is 0 Å². The van der Waals surface area contributed by atoms with Crippen LogP contribution in [0.15, 0.2) is 48.8 Å². The minimum absolute atomic E-state index is 0.0744. The van der Waals surface area contributed by atoms with Crippen molar-refractivity contribution in [2.24, 2.45) is 0 Å². The molecular formula is C21H19ClN4O3. The van der Waals surface area contributed by atoms with Crippen LogP contribution < -0.4 is 0 Å². The fourth-order valence-corrected chi connectivity index (χ4v) is 3.87. The van der Waals surface area contributed by atoms with Crippen LogP contribution in [0.5, 0.6) is 0 Å². The maximum Gasteiger partial charge on any atom is 0.295 e. The zero-order valence-corrected chi connectivity index (χ0v) is 16.5. The molecule has 1 atom stereocenters. The number of pyridine rings is 1. The molecule has 0 aliphatic carbocycles. The number of aromatic nitrogens is 2. The summed E-state index contributed by atoms with van der Waals surface area (Å²) in [6, 6.07) is 10.4. The van der Waals surface area contributed by atoms with Crippen LogP contribution in [0.4, 0.5) is 0 Å². The predicted octanol–water partition coefficient (Wildman–Crippen LogP) is 2.77. The Morgan fingerprint density at radius 2 is 1.90 bits per heavy atom. The second-order valence-corrected chi connectivity index (χ2v) is 7.38. The number of halogens is 1. The van der Waals surface area contributed by atoms with Gasteiger partial charge in [0.05, 0.1) is 11.1 Å². The van der Waals surface area contributed by atoms with Crippen molar-refractivity contribution < 1.29 is 14.4 Å². The number of piperazine rings is 1. The molecule has 1 N–H and O–H groups in total. The molecule has 1 aromatic carbocycles. The maximum atomic E-state index is 12.9. The van der Waals surface area contributed by atoms with Crippen molar-refractivity contribution in [1.82, 2.24) is 19.8 Å². The summed E-state index contributed by atoms with van der Waals surface area (Å²) in [5, 5.41) is 0.810. The third-order valence-electron chi connectivity index (χ3n) is 5.19. The normalized spacial score (nSPS) is 16.8. The minimum Gasteiger partial charge on any atom is -0.358 e. The number of nitrogens with one attached hydrogen (secondary N) is 1. The Morgan fingerprint density at radius 1 is 1.14 bits per heavy atom. The van der Waals surface area contributed by atoms with Gasteiger partial charge in [-0.1, -0.05) is 29.8 Å². The molecule has 0 bridgehead atoms. The SMILES string of the molecule is C[C@@H]1CN(C(=O)c2ccccc2)CCN1C(=O)C(=O)c1c[nH]c2c(Cl)nccc12. The molecule has 3 aromatic rings. The number of amides is 2. The average molecular weight is 411 g/mol. The van der Waals surface area contributed by atoms with E-state index in [2.05, 4.69) is 9.97 Å². The van der Waals surface area contributed by atoms with E-state index in [1.165, 1.54) is 17.3 Å². The molecule has 2 amide bonds. The molecule has 1 aliphatic rings. The van der Waals surface area contributed by atoms with E-state index in [0.717, 1.165) is 0 Å². The van der Waals surface area contributed by atoms with Gasteiger partial charge in [-0.05, 0) is 25.1 Å². The highest BCUT2D eigenvalue weighted by molar-refractivity contribution is 6.45. The Bertz CT molecular complexity index is 1100. The molecule has 1 fully saturated rings. The van der Waals surface area contributed by atoms with Crippen LogP contribution in [-0.2, 0) is 4.79 Å². The molecule has 0 radical (unpaired) electrons. The summed E-state index contributed by atoms with van der Waals surface area (Å²) in [7, 11) is 0. The van der Waals surface area contributed by atoms with Crippen molar-refractivity contribution >= 4 is 40.1 Å². The highest BCUT2D eigenvalue weighted by atomic mass is 35.5. The molecule has 148 valence electrons. The van der Waals surface area contributed by atoms with Gasteiger partial charge >= 0.3 is 0 Å². The second kappa shape index (κ2) is 7.67. The number of fused-ring (bicyclic) bond motifs is 1. The number of nitrogens with zero attached hydrogens (tertiary/aromatic N) is 3. The lowest BCUT2D eigenvalue weighted by Crippen LogP contribution is -2.56. The number of Topliss-reactive ketones (excluding diaryl/α,β-unsaturated/α-hetero) is 1. The summed E-state index contributed by atoms with van der Waals surface area (Å²) in [5.74, 6) is -1.26. The van der Waals surface area contributed by atoms with Gasteiger partial charge in [0.25, 0.3) is 17.6 Å². The number of carbonyl (C=O) groups excluding carboxylic acids is 3. The number of carbonyl (C=O) groups is 3. The average Bonchev–Trinajstić information content (AvgIpc) is 3.18. The predicted molar refractivity (Wildman–Crippen MR) is 109 cm³/mol. The standard InChI is InChI=1S/C21H19ClN4O3/c1-13-12-25(20(28)14-5-3-2-4-6-14)9-10-26(13)21(29)18(27)16-11-24-17-15(16)7-8-23-19(17)22/h2-8,11,13,24H,9-10,12H2,1H3/t13-/m1/s1. The number of H-pyrrole nitrogens is 1. The third kappa shape index (κ3) is 3.49. The lowest BCUT2D eigenvalue weighted by molar-refractivity contribution is -0.130. The number of ketones is 1.